The van der Waals surface area contributed by atoms with Crippen molar-refractivity contribution >= 4 is 17.5 Å². The van der Waals surface area contributed by atoms with Crippen LogP contribution in [-0.4, -0.2) is 35.6 Å². The van der Waals surface area contributed by atoms with Crippen LogP contribution in [0.4, 0.5) is 4.39 Å². The van der Waals surface area contributed by atoms with E-state index in [1.54, 1.807) is 12.1 Å². The zero-order valence-electron chi connectivity index (χ0n) is 13.4. The molecule has 1 aliphatic carbocycles. The summed E-state index contributed by atoms with van der Waals surface area (Å²) >= 11 is 6.10. The van der Waals surface area contributed by atoms with Gasteiger partial charge in [0, 0.05) is 42.1 Å². The van der Waals surface area contributed by atoms with E-state index in [0.717, 1.165) is 19.3 Å². The molecule has 3 nitrogen and oxygen atoms in total. The number of piperidine rings is 1. The van der Waals surface area contributed by atoms with E-state index in [0.29, 0.717) is 30.1 Å². The molecule has 0 radical (unpaired) electrons. The number of likely N-dealkylation sites (tertiary alicyclic amines) is 1. The van der Waals surface area contributed by atoms with Crippen LogP contribution in [0.3, 0.4) is 0 Å². The third kappa shape index (κ3) is 3.11. The molecule has 5 heteroatoms. The first-order valence-corrected chi connectivity index (χ1v) is 8.72. The summed E-state index contributed by atoms with van der Waals surface area (Å²) in [4.78, 5) is 14.5. The van der Waals surface area contributed by atoms with Gasteiger partial charge < -0.3 is 10.0 Å². The molecule has 1 saturated carbocycles. The average Bonchev–Trinajstić information content (AvgIpc) is 3.34. The quantitative estimate of drug-likeness (QED) is 0.910. The molecule has 1 aliphatic heterocycles. The van der Waals surface area contributed by atoms with Crippen LogP contribution < -0.4 is 0 Å². The van der Waals surface area contributed by atoms with Gasteiger partial charge in [-0.15, -0.1) is 0 Å². The first-order valence-electron chi connectivity index (χ1n) is 8.35. The van der Waals surface area contributed by atoms with E-state index in [2.05, 4.69) is 6.92 Å². The average molecular weight is 340 g/mol. The Morgan fingerprint density at radius 3 is 2.70 bits per heavy atom. The zero-order chi connectivity index (χ0) is 16.6. The Morgan fingerprint density at radius 2 is 2.13 bits per heavy atom. The molecule has 1 aromatic rings. The maximum absolute atomic E-state index is 14.0. The van der Waals surface area contributed by atoms with Crippen molar-refractivity contribution in [1.82, 2.24) is 4.90 Å². The number of carbonyl (C=O) groups is 1. The number of aliphatic hydroxyl groups is 1. The van der Waals surface area contributed by atoms with Gasteiger partial charge in [0.05, 0.1) is 0 Å². The molecule has 1 heterocycles. The van der Waals surface area contributed by atoms with Crippen LogP contribution in [0.15, 0.2) is 18.2 Å². The monoisotopic (exact) mass is 339 g/mol. The third-order valence-electron chi connectivity index (χ3n) is 5.70. The number of carbonyl (C=O) groups excluding carboxylic acids is 1. The minimum atomic E-state index is -0.318. The molecule has 2 unspecified atom stereocenters. The van der Waals surface area contributed by atoms with Crippen molar-refractivity contribution in [2.75, 3.05) is 19.7 Å². The SMILES string of the molecule is CCC1(CO)CCN(C(=O)C2CC2c2c(F)cccc2Cl)CC1. The molecule has 1 saturated heterocycles. The molecule has 2 fully saturated rings. The first kappa shape index (κ1) is 16.7. The van der Waals surface area contributed by atoms with Crippen LogP contribution >= 0.6 is 11.6 Å². The van der Waals surface area contributed by atoms with Gasteiger partial charge in [0.1, 0.15) is 5.82 Å². The largest absolute Gasteiger partial charge is 0.396 e. The number of aliphatic hydroxyl groups excluding tert-OH is 1. The Labute approximate surface area is 141 Å². The maximum atomic E-state index is 14.0. The second-order valence-corrected chi connectivity index (χ2v) is 7.33. The van der Waals surface area contributed by atoms with Crippen LogP contribution in [0.2, 0.25) is 5.02 Å². The molecule has 1 N–H and O–H groups in total. The minimum absolute atomic E-state index is 0.0332. The van der Waals surface area contributed by atoms with E-state index in [4.69, 9.17) is 11.6 Å². The van der Waals surface area contributed by atoms with E-state index in [-0.39, 0.29) is 35.6 Å². The number of amides is 1. The number of nitrogens with zero attached hydrogens (tertiary/aromatic N) is 1. The van der Waals surface area contributed by atoms with Crippen LogP contribution in [0.1, 0.15) is 44.1 Å². The Hall–Kier alpha value is -1.13. The number of benzene rings is 1. The van der Waals surface area contributed by atoms with Crippen molar-refractivity contribution < 1.29 is 14.3 Å². The van der Waals surface area contributed by atoms with Crippen molar-refractivity contribution in [3.05, 3.63) is 34.6 Å². The molecule has 0 aromatic heterocycles. The van der Waals surface area contributed by atoms with E-state index in [1.807, 2.05) is 4.90 Å². The second-order valence-electron chi connectivity index (χ2n) is 6.92. The topological polar surface area (TPSA) is 40.5 Å². The summed E-state index contributed by atoms with van der Waals surface area (Å²) in [6, 6.07) is 4.67. The van der Waals surface area contributed by atoms with Crippen molar-refractivity contribution in [1.29, 1.82) is 0 Å². The molecule has 126 valence electrons. The van der Waals surface area contributed by atoms with Gasteiger partial charge in [0.25, 0.3) is 0 Å². The lowest BCUT2D eigenvalue weighted by molar-refractivity contribution is -0.135. The number of hydrogen-bond donors (Lipinski definition) is 1. The molecular formula is C18H23ClFNO2. The Balaban J connectivity index is 1.63. The summed E-state index contributed by atoms with van der Waals surface area (Å²) in [7, 11) is 0. The smallest absolute Gasteiger partial charge is 0.226 e. The van der Waals surface area contributed by atoms with Crippen molar-refractivity contribution in [3.8, 4) is 0 Å². The van der Waals surface area contributed by atoms with Crippen LogP contribution in [0, 0.1) is 17.2 Å². The van der Waals surface area contributed by atoms with E-state index in [9.17, 15) is 14.3 Å². The van der Waals surface area contributed by atoms with Gasteiger partial charge in [0.15, 0.2) is 0 Å². The van der Waals surface area contributed by atoms with Gasteiger partial charge in [-0.2, -0.15) is 0 Å². The maximum Gasteiger partial charge on any atom is 0.226 e. The van der Waals surface area contributed by atoms with Gasteiger partial charge in [-0.25, -0.2) is 4.39 Å². The molecule has 0 bridgehead atoms. The number of halogens is 2. The molecule has 2 aliphatic rings. The van der Waals surface area contributed by atoms with Crippen molar-refractivity contribution in [2.24, 2.45) is 11.3 Å². The fourth-order valence-corrected chi connectivity index (χ4v) is 4.01. The number of rotatable bonds is 4. The van der Waals surface area contributed by atoms with Gasteiger partial charge in [0.2, 0.25) is 5.91 Å². The highest BCUT2D eigenvalue weighted by Crippen LogP contribution is 2.51. The Bertz CT molecular complexity index is 572. The molecule has 1 aromatic carbocycles. The Kier molecular flexibility index (Phi) is 4.65. The summed E-state index contributed by atoms with van der Waals surface area (Å²) in [6.07, 6.45) is 3.28. The fourth-order valence-electron chi connectivity index (χ4n) is 3.71. The van der Waals surface area contributed by atoms with Crippen LogP contribution in [0.5, 0.6) is 0 Å². The van der Waals surface area contributed by atoms with Gasteiger partial charge in [-0.3, -0.25) is 4.79 Å². The van der Waals surface area contributed by atoms with Crippen molar-refractivity contribution in [2.45, 2.75) is 38.5 Å². The van der Waals surface area contributed by atoms with Gasteiger partial charge in [-0.1, -0.05) is 24.6 Å². The lowest BCUT2D eigenvalue weighted by atomic mass is 9.77. The van der Waals surface area contributed by atoms with E-state index >= 15 is 0 Å². The molecule has 2 atom stereocenters. The lowest BCUT2D eigenvalue weighted by Gasteiger charge is -2.40. The predicted molar refractivity (Wildman–Crippen MR) is 87.9 cm³/mol. The van der Waals surface area contributed by atoms with Gasteiger partial charge in [-0.05, 0) is 43.2 Å². The highest BCUT2D eigenvalue weighted by molar-refractivity contribution is 6.31. The first-order chi connectivity index (χ1) is 11.0. The lowest BCUT2D eigenvalue weighted by Crippen LogP contribution is -2.45. The molecule has 23 heavy (non-hydrogen) atoms. The van der Waals surface area contributed by atoms with Crippen LogP contribution in [0.25, 0.3) is 0 Å². The summed E-state index contributed by atoms with van der Waals surface area (Å²) in [5, 5.41) is 9.99. The molecular weight excluding hydrogens is 317 g/mol. The molecule has 3 rings (SSSR count). The second kappa shape index (κ2) is 6.40. The standard InChI is InChI=1S/C18H23ClFNO2/c1-2-18(11-22)6-8-21(9-7-18)17(23)13-10-12(13)16-14(19)4-3-5-15(16)20/h3-5,12-13,22H,2,6-11H2,1H3. The predicted octanol–water partition coefficient (Wildman–Crippen LogP) is 3.59. The van der Waals surface area contributed by atoms with E-state index in [1.165, 1.54) is 6.07 Å². The number of hydrogen-bond acceptors (Lipinski definition) is 2. The molecule has 1 amide bonds. The molecule has 0 spiro atoms. The normalized spacial score (nSPS) is 26.2. The van der Waals surface area contributed by atoms with Gasteiger partial charge >= 0.3 is 0 Å². The van der Waals surface area contributed by atoms with Crippen LogP contribution in [-0.2, 0) is 4.79 Å². The van der Waals surface area contributed by atoms with Crippen molar-refractivity contribution in [3.63, 3.8) is 0 Å². The van der Waals surface area contributed by atoms with E-state index < -0.39 is 0 Å². The Morgan fingerprint density at radius 1 is 1.43 bits per heavy atom. The highest BCUT2D eigenvalue weighted by Gasteiger charge is 2.48. The summed E-state index contributed by atoms with van der Waals surface area (Å²) in [5.74, 6) is -0.446. The summed E-state index contributed by atoms with van der Waals surface area (Å²) < 4.78 is 14.0. The zero-order valence-corrected chi connectivity index (χ0v) is 14.2. The highest BCUT2D eigenvalue weighted by atomic mass is 35.5. The summed E-state index contributed by atoms with van der Waals surface area (Å²) in [5.41, 5.74) is 0.456. The summed E-state index contributed by atoms with van der Waals surface area (Å²) in [6.45, 7) is 3.64. The fraction of sp³-hybridized carbons (Fsp3) is 0.611. The minimum Gasteiger partial charge on any atom is -0.396 e. The third-order valence-corrected chi connectivity index (χ3v) is 6.03.